The number of allylic oxidation sites excluding steroid dienone is 2. The number of rotatable bonds is 6. The van der Waals surface area contributed by atoms with Crippen LogP contribution in [0.25, 0.3) is 0 Å². The van der Waals surface area contributed by atoms with Crippen LogP contribution in [0.15, 0.2) is 24.0 Å². The molecule has 3 atom stereocenters. The smallest absolute Gasteiger partial charge is 0.417 e. The van der Waals surface area contributed by atoms with Crippen molar-refractivity contribution in [2.45, 2.75) is 65.2 Å². The summed E-state index contributed by atoms with van der Waals surface area (Å²) in [6.07, 6.45) is 4.21. The molecule has 2 aliphatic heterocycles. The number of hydrogen-bond donors (Lipinski definition) is 1. The molecule has 0 aromatic heterocycles. The van der Waals surface area contributed by atoms with Crippen molar-refractivity contribution in [2.24, 2.45) is 11.8 Å². The van der Waals surface area contributed by atoms with Gasteiger partial charge in [0.1, 0.15) is 11.4 Å². The number of unbranched alkanes of at least 4 members (excludes halogenated alkanes) is 1. The Morgan fingerprint density at radius 1 is 1.30 bits per heavy atom. The Bertz CT molecular complexity index is 663. The van der Waals surface area contributed by atoms with E-state index in [4.69, 9.17) is 14.6 Å². The van der Waals surface area contributed by atoms with E-state index in [-0.39, 0.29) is 18.3 Å². The summed E-state index contributed by atoms with van der Waals surface area (Å²) >= 11 is 0. The minimum absolute atomic E-state index is 0.000546. The highest BCUT2D eigenvalue weighted by Gasteiger charge is 2.53. The van der Waals surface area contributed by atoms with E-state index in [2.05, 4.69) is 0 Å². The van der Waals surface area contributed by atoms with Crippen LogP contribution in [0.1, 0.15) is 47.5 Å². The molecule has 1 saturated heterocycles. The van der Waals surface area contributed by atoms with E-state index >= 15 is 0 Å². The van der Waals surface area contributed by atoms with Gasteiger partial charge in [-0.15, -0.1) is 0 Å². The van der Waals surface area contributed by atoms with Crippen LogP contribution in [0.2, 0.25) is 0 Å². The molecule has 2 rings (SSSR count). The number of aliphatic hydroxyl groups is 1. The van der Waals surface area contributed by atoms with Crippen molar-refractivity contribution < 1.29 is 29.0 Å². The van der Waals surface area contributed by atoms with E-state index in [0.29, 0.717) is 18.6 Å². The van der Waals surface area contributed by atoms with Gasteiger partial charge >= 0.3 is 6.09 Å². The van der Waals surface area contributed by atoms with Gasteiger partial charge in [-0.05, 0) is 57.8 Å². The third kappa shape index (κ3) is 4.40. The largest absolute Gasteiger partial charge is 0.482 e. The van der Waals surface area contributed by atoms with Crippen LogP contribution in [0.4, 0.5) is 4.79 Å². The highest BCUT2D eigenvalue weighted by molar-refractivity contribution is 6.02. The molecular weight excluding hydrogens is 350 g/mol. The SMILES string of the molecule is CC(C)[C@H]1N(C(=O)[C@H](C)[C@@H]2OC(=CCCCO)C=CC2=O)C(=O)OC1(C)C. The van der Waals surface area contributed by atoms with Crippen molar-refractivity contribution in [1.82, 2.24) is 4.90 Å². The summed E-state index contributed by atoms with van der Waals surface area (Å²) in [5.74, 6) is -1.15. The first kappa shape index (κ1) is 21.2. The number of carbonyl (C=O) groups excluding carboxylic acids is 3. The maximum Gasteiger partial charge on any atom is 0.417 e. The van der Waals surface area contributed by atoms with Crippen LogP contribution in [-0.2, 0) is 19.1 Å². The predicted molar refractivity (Wildman–Crippen MR) is 98.6 cm³/mol. The predicted octanol–water partition coefficient (Wildman–Crippen LogP) is 2.59. The Labute approximate surface area is 160 Å². The molecule has 0 bridgehead atoms. The molecule has 1 N–H and O–H groups in total. The van der Waals surface area contributed by atoms with Gasteiger partial charge < -0.3 is 14.6 Å². The van der Waals surface area contributed by atoms with Crippen LogP contribution in [-0.4, -0.2) is 52.1 Å². The zero-order valence-electron chi connectivity index (χ0n) is 16.6. The fourth-order valence-electron chi connectivity index (χ4n) is 3.74. The average Bonchev–Trinajstić information content (AvgIpc) is 2.83. The third-order valence-electron chi connectivity index (χ3n) is 4.91. The Balaban J connectivity index is 2.20. The first-order valence-corrected chi connectivity index (χ1v) is 9.35. The van der Waals surface area contributed by atoms with Crippen LogP contribution in [0, 0.1) is 11.8 Å². The Kier molecular flexibility index (Phi) is 6.46. The van der Waals surface area contributed by atoms with Crippen LogP contribution in [0.5, 0.6) is 0 Å². The fraction of sp³-hybridized carbons (Fsp3) is 0.650. The Morgan fingerprint density at radius 3 is 2.56 bits per heavy atom. The van der Waals surface area contributed by atoms with E-state index < -0.39 is 35.7 Å². The maximum atomic E-state index is 13.1. The average molecular weight is 379 g/mol. The summed E-state index contributed by atoms with van der Waals surface area (Å²) in [5, 5.41) is 8.87. The molecule has 2 heterocycles. The van der Waals surface area contributed by atoms with Gasteiger partial charge in [-0.2, -0.15) is 0 Å². The number of ether oxygens (including phenoxy) is 2. The van der Waals surface area contributed by atoms with E-state index in [1.807, 2.05) is 13.8 Å². The molecule has 0 radical (unpaired) electrons. The molecule has 0 aromatic carbocycles. The second-order valence-electron chi connectivity index (χ2n) is 7.90. The molecule has 2 amide bonds. The number of cyclic esters (lactones) is 1. The van der Waals surface area contributed by atoms with Crippen molar-refractivity contribution in [3.8, 4) is 0 Å². The van der Waals surface area contributed by atoms with Gasteiger partial charge in [0, 0.05) is 6.61 Å². The lowest BCUT2D eigenvalue weighted by Crippen LogP contribution is -2.52. The summed E-state index contributed by atoms with van der Waals surface area (Å²) in [7, 11) is 0. The number of hydrogen-bond acceptors (Lipinski definition) is 6. The summed E-state index contributed by atoms with van der Waals surface area (Å²) in [6, 6.07) is -0.422. The highest BCUT2D eigenvalue weighted by atomic mass is 16.6. The third-order valence-corrected chi connectivity index (χ3v) is 4.91. The number of nitrogens with zero attached hydrogens (tertiary/aromatic N) is 1. The molecule has 1 fully saturated rings. The lowest BCUT2D eigenvalue weighted by atomic mass is 9.87. The number of carbonyl (C=O) groups is 3. The standard InChI is InChI=1S/C20H29NO6/c1-12(2)17-20(4,5)27-19(25)21(17)18(24)13(3)16-15(23)10-9-14(26-16)8-6-7-11-22/h8-10,12-13,16-17,22H,6-7,11H2,1-5H3/t13-,16+,17-/m1/s1. The lowest BCUT2D eigenvalue weighted by Gasteiger charge is -2.33. The van der Waals surface area contributed by atoms with Gasteiger partial charge in [-0.3, -0.25) is 9.59 Å². The van der Waals surface area contributed by atoms with E-state index in [9.17, 15) is 14.4 Å². The summed E-state index contributed by atoms with van der Waals surface area (Å²) in [5.41, 5.74) is -0.798. The molecule has 0 unspecified atom stereocenters. The molecule has 7 nitrogen and oxygen atoms in total. The first-order valence-electron chi connectivity index (χ1n) is 9.35. The molecule has 150 valence electrons. The van der Waals surface area contributed by atoms with Gasteiger partial charge in [-0.1, -0.05) is 13.8 Å². The van der Waals surface area contributed by atoms with Gasteiger partial charge in [-0.25, -0.2) is 9.69 Å². The molecule has 0 aliphatic carbocycles. The number of imide groups is 1. The van der Waals surface area contributed by atoms with Crippen molar-refractivity contribution in [3.63, 3.8) is 0 Å². The fourth-order valence-corrected chi connectivity index (χ4v) is 3.74. The van der Waals surface area contributed by atoms with Gasteiger partial charge in [0.05, 0.1) is 12.0 Å². The monoisotopic (exact) mass is 379 g/mol. The quantitative estimate of drug-likeness (QED) is 0.713. The van der Waals surface area contributed by atoms with Crippen LogP contribution < -0.4 is 0 Å². The number of ketones is 1. The van der Waals surface area contributed by atoms with Gasteiger partial charge in [0.15, 0.2) is 11.9 Å². The molecule has 0 aromatic rings. The zero-order chi connectivity index (χ0) is 20.4. The van der Waals surface area contributed by atoms with Crippen molar-refractivity contribution in [2.75, 3.05) is 6.61 Å². The van der Waals surface area contributed by atoms with Gasteiger partial charge in [0.2, 0.25) is 5.91 Å². The Hall–Kier alpha value is -2.15. The van der Waals surface area contributed by atoms with Gasteiger partial charge in [0.25, 0.3) is 0 Å². The minimum Gasteiger partial charge on any atom is -0.482 e. The summed E-state index contributed by atoms with van der Waals surface area (Å²) in [4.78, 5) is 38.9. The number of amides is 2. The topological polar surface area (TPSA) is 93.1 Å². The summed E-state index contributed by atoms with van der Waals surface area (Å²) in [6.45, 7) is 9.05. The molecular formula is C20H29NO6. The van der Waals surface area contributed by atoms with Crippen molar-refractivity contribution in [3.05, 3.63) is 24.0 Å². The number of aliphatic hydroxyl groups excluding tert-OH is 1. The highest BCUT2D eigenvalue weighted by Crippen LogP contribution is 2.36. The van der Waals surface area contributed by atoms with Crippen molar-refractivity contribution in [1.29, 1.82) is 0 Å². The molecule has 2 aliphatic rings. The first-order chi connectivity index (χ1) is 12.6. The second-order valence-corrected chi connectivity index (χ2v) is 7.90. The summed E-state index contributed by atoms with van der Waals surface area (Å²) < 4.78 is 11.1. The van der Waals surface area contributed by atoms with E-state index in [1.54, 1.807) is 32.9 Å². The van der Waals surface area contributed by atoms with Crippen molar-refractivity contribution >= 4 is 17.8 Å². The molecule has 0 spiro atoms. The molecule has 0 saturated carbocycles. The Morgan fingerprint density at radius 2 is 1.96 bits per heavy atom. The second kappa shape index (κ2) is 8.25. The van der Waals surface area contributed by atoms with E-state index in [0.717, 1.165) is 4.90 Å². The maximum absolute atomic E-state index is 13.1. The van der Waals surface area contributed by atoms with Crippen LogP contribution in [0.3, 0.4) is 0 Å². The normalized spacial score (nSPS) is 27.1. The molecule has 27 heavy (non-hydrogen) atoms. The van der Waals surface area contributed by atoms with E-state index in [1.165, 1.54) is 6.08 Å². The minimum atomic E-state index is -0.993. The zero-order valence-corrected chi connectivity index (χ0v) is 16.6. The molecule has 7 heteroatoms. The van der Waals surface area contributed by atoms with Crippen LogP contribution >= 0.6 is 0 Å². The lowest BCUT2D eigenvalue weighted by molar-refractivity contribution is -0.143.